The first-order valence-corrected chi connectivity index (χ1v) is 6.20. The minimum absolute atomic E-state index is 0.214. The van der Waals surface area contributed by atoms with E-state index in [4.69, 9.17) is 0 Å². The zero-order chi connectivity index (χ0) is 12.4. The minimum Gasteiger partial charge on any atom is -0.504 e. The van der Waals surface area contributed by atoms with Crippen LogP contribution in [-0.4, -0.2) is 41.3 Å². The van der Waals surface area contributed by atoms with Crippen molar-refractivity contribution in [3.8, 4) is 11.5 Å². The van der Waals surface area contributed by atoms with Gasteiger partial charge in [-0.1, -0.05) is 0 Å². The molecule has 1 saturated heterocycles. The van der Waals surface area contributed by atoms with Gasteiger partial charge in [0.1, 0.15) is 5.82 Å². The summed E-state index contributed by atoms with van der Waals surface area (Å²) in [4.78, 5) is 2.09. The van der Waals surface area contributed by atoms with Crippen molar-refractivity contribution in [3.63, 3.8) is 0 Å². The van der Waals surface area contributed by atoms with Crippen molar-refractivity contribution in [2.24, 2.45) is 0 Å². The largest absolute Gasteiger partial charge is 0.504 e. The van der Waals surface area contributed by atoms with Crippen LogP contribution in [0.4, 0.5) is 4.39 Å². The molecule has 1 aliphatic heterocycles. The van der Waals surface area contributed by atoms with Gasteiger partial charge in [-0.2, -0.15) is 0 Å². The number of rotatable bonds is 2. The van der Waals surface area contributed by atoms with Crippen molar-refractivity contribution in [1.82, 2.24) is 10.2 Å². The molecule has 94 valence electrons. The Bertz CT molecular complexity index is 396. The second-order valence-corrected chi connectivity index (χ2v) is 4.84. The predicted octanol–water partition coefficient (Wildman–Crippen LogP) is 1.40. The number of hydrogen-bond acceptors (Lipinski definition) is 4. The number of phenols is 2. The number of phenolic OH excluding ortho intramolecular Hbond substituents is 2. The average molecular weight is 305 g/mol. The van der Waals surface area contributed by atoms with E-state index < -0.39 is 11.6 Å². The van der Waals surface area contributed by atoms with E-state index in [1.807, 2.05) is 0 Å². The first-order valence-electron chi connectivity index (χ1n) is 5.41. The maximum absolute atomic E-state index is 13.4. The summed E-state index contributed by atoms with van der Waals surface area (Å²) < 4.78 is 13.6. The van der Waals surface area contributed by atoms with Crippen LogP contribution in [0.5, 0.6) is 11.5 Å². The van der Waals surface area contributed by atoms with Gasteiger partial charge >= 0.3 is 0 Å². The fraction of sp³-hybridized carbons (Fsp3) is 0.455. The number of nitrogens with zero attached hydrogens (tertiary/aromatic N) is 1. The summed E-state index contributed by atoms with van der Waals surface area (Å²) in [7, 11) is 0. The maximum atomic E-state index is 13.4. The monoisotopic (exact) mass is 304 g/mol. The Hall–Kier alpha value is -0.850. The van der Waals surface area contributed by atoms with Crippen molar-refractivity contribution < 1.29 is 14.6 Å². The Labute approximate surface area is 107 Å². The molecule has 0 radical (unpaired) electrons. The second-order valence-electron chi connectivity index (χ2n) is 4.04. The van der Waals surface area contributed by atoms with Gasteiger partial charge in [-0.15, -0.1) is 0 Å². The van der Waals surface area contributed by atoms with Crippen molar-refractivity contribution in [2.75, 3.05) is 26.2 Å². The molecule has 1 aromatic carbocycles. The quantitative estimate of drug-likeness (QED) is 0.723. The summed E-state index contributed by atoms with van der Waals surface area (Å²) >= 11 is 3.10. The van der Waals surface area contributed by atoms with Gasteiger partial charge in [0.2, 0.25) is 0 Å². The van der Waals surface area contributed by atoms with Gasteiger partial charge in [0.05, 0.1) is 4.47 Å². The SMILES string of the molecule is Oc1cc(F)c(Br)c(CN2CCNCC2)c1O. The minimum atomic E-state index is -0.564. The molecule has 0 spiro atoms. The van der Waals surface area contributed by atoms with E-state index in [1.165, 1.54) is 0 Å². The maximum Gasteiger partial charge on any atom is 0.163 e. The Balaban J connectivity index is 2.24. The molecular weight excluding hydrogens is 291 g/mol. The highest BCUT2D eigenvalue weighted by molar-refractivity contribution is 9.10. The molecule has 6 heteroatoms. The summed E-state index contributed by atoms with van der Waals surface area (Å²) in [5.74, 6) is -1.24. The summed E-state index contributed by atoms with van der Waals surface area (Å²) in [6.07, 6.45) is 0. The molecule has 2 rings (SSSR count). The molecule has 0 bridgehead atoms. The third kappa shape index (κ3) is 2.70. The highest BCUT2D eigenvalue weighted by Crippen LogP contribution is 2.37. The summed E-state index contributed by atoms with van der Waals surface area (Å²) in [5.41, 5.74) is 0.393. The van der Waals surface area contributed by atoms with Gasteiger partial charge in [0.15, 0.2) is 11.5 Å². The van der Waals surface area contributed by atoms with Crippen LogP contribution in [0.25, 0.3) is 0 Å². The predicted molar refractivity (Wildman–Crippen MR) is 65.6 cm³/mol. The first kappa shape index (κ1) is 12.6. The van der Waals surface area contributed by atoms with Crippen LogP contribution in [0.15, 0.2) is 10.5 Å². The van der Waals surface area contributed by atoms with E-state index in [0.717, 1.165) is 32.2 Å². The molecule has 17 heavy (non-hydrogen) atoms. The number of nitrogens with one attached hydrogen (secondary N) is 1. The number of benzene rings is 1. The van der Waals surface area contributed by atoms with Crippen LogP contribution in [0, 0.1) is 5.82 Å². The van der Waals surface area contributed by atoms with Crippen LogP contribution in [-0.2, 0) is 6.54 Å². The fourth-order valence-corrected chi connectivity index (χ4v) is 2.32. The van der Waals surface area contributed by atoms with Gasteiger partial charge in [-0.25, -0.2) is 4.39 Å². The highest BCUT2D eigenvalue weighted by atomic mass is 79.9. The third-order valence-corrected chi connectivity index (χ3v) is 3.72. The van der Waals surface area contributed by atoms with E-state index in [1.54, 1.807) is 0 Å². The Morgan fingerprint density at radius 1 is 1.35 bits per heavy atom. The van der Waals surface area contributed by atoms with Crippen molar-refractivity contribution in [2.45, 2.75) is 6.54 Å². The van der Waals surface area contributed by atoms with Gasteiger partial charge in [0.25, 0.3) is 0 Å². The normalized spacial score (nSPS) is 17.3. The molecule has 0 amide bonds. The molecule has 0 saturated carbocycles. The lowest BCUT2D eigenvalue weighted by atomic mass is 10.1. The second kappa shape index (κ2) is 5.20. The van der Waals surface area contributed by atoms with Crippen LogP contribution in [0.2, 0.25) is 0 Å². The van der Waals surface area contributed by atoms with E-state index in [0.29, 0.717) is 12.1 Å². The van der Waals surface area contributed by atoms with E-state index in [2.05, 4.69) is 26.1 Å². The van der Waals surface area contributed by atoms with E-state index in [-0.39, 0.29) is 10.2 Å². The van der Waals surface area contributed by atoms with Crippen LogP contribution < -0.4 is 5.32 Å². The zero-order valence-electron chi connectivity index (χ0n) is 9.21. The Kier molecular flexibility index (Phi) is 3.86. The molecule has 3 N–H and O–H groups in total. The Morgan fingerprint density at radius 2 is 2.00 bits per heavy atom. The Morgan fingerprint density at radius 3 is 2.65 bits per heavy atom. The molecule has 0 atom stereocenters. The van der Waals surface area contributed by atoms with Gasteiger partial charge in [-0.05, 0) is 15.9 Å². The average Bonchev–Trinajstić information content (AvgIpc) is 2.33. The van der Waals surface area contributed by atoms with E-state index in [9.17, 15) is 14.6 Å². The lowest BCUT2D eigenvalue weighted by Crippen LogP contribution is -2.42. The molecule has 1 fully saturated rings. The molecule has 1 aliphatic rings. The smallest absolute Gasteiger partial charge is 0.163 e. The topological polar surface area (TPSA) is 55.7 Å². The summed E-state index contributed by atoms with van der Waals surface area (Å²) in [6.45, 7) is 3.84. The molecule has 4 nitrogen and oxygen atoms in total. The van der Waals surface area contributed by atoms with Crippen LogP contribution >= 0.6 is 15.9 Å². The third-order valence-electron chi connectivity index (χ3n) is 2.86. The zero-order valence-corrected chi connectivity index (χ0v) is 10.8. The van der Waals surface area contributed by atoms with Gasteiger partial charge in [0, 0.05) is 44.4 Å². The number of aromatic hydroxyl groups is 2. The fourth-order valence-electron chi connectivity index (χ4n) is 1.89. The number of halogens is 2. The lowest BCUT2D eigenvalue weighted by Gasteiger charge is -2.27. The molecule has 0 unspecified atom stereocenters. The standard InChI is InChI=1S/C11H14BrFN2O2/c12-10-7(6-15-3-1-14-2-4-15)11(17)9(16)5-8(10)13/h5,14,16-17H,1-4,6H2. The summed E-state index contributed by atoms with van der Waals surface area (Å²) in [6, 6.07) is 0.903. The molecule has 1 aromatic rings. The molecule has 0 aliphatic carbocycles. The van der Waals surface area contributed by atoms with Gasteiger partial charge in [-0.3, -0.25) is 4.90 Å². The van der Waals surface area contributed by atoms with Crippen LogP contribution in [0.1, 0.15) is 5.56 Å². The number of piperazine rings is 1. The highest BCUT2D eigenvalue weighted by Gasteiger charge is 2.19. The first-order chi connectivity index (χ1) is 8.09. The summed E-state index contributed by atoms with van der Waals surface area (Å²) in [5, 5.41) is 22.4. The van der Waals surface area contributed by atoms with Crippen molar-refractivity contribution in [1.29, 1.82) is 0 Å². The van der Waals surface area contributed by atoms with E-state index >= 15 is 0 Å². The van der Waals surface area contributed by atoms with Crippen LogP contribution in [0.3, 0.4) is 0 Å². The van der Waals surface area contributed by atoms with Crippen molar-refractivity contribution >= 4 is 15.9 Å². The molecule has 0 aromatic heterocycles. The number of hydrogen-bond donors (Lipinski definition) is 3. The molecular formula is C11H14BrFN2O2. The lowest BCUT2D eigenvalue weighted by molar-refractivity contribution is 0.229. The van der Waals surface area contributed by atoms with Crippen molar-refractivity contribution in [3.05, 3.63) is 21.9 Å². The molecule has 1 heterocycles. The van der Waals surface area contributed by atoms with Gasteiger partial charge < -0.3 is 15.5 Å².